The van der Waals surface area contributed by atoms with Crippen LogP contribution in [0.25, 0.3) is 0 Å². The molecule has 0 fully saturated rings. The molecule has 3 N–H and O–H groups in total. The Morgan fingerprint density at radius 1 is 1.39 bits per heavy atom. The molecule has 0 heterocycles. The van der Waals surface area contributed by atoms with E-state index in [4.69, 9.17) is 5.73 Å². The maximum absolute atomic E-state index is 11.9. The fraction of sp³-hybridized carbons (Fsp3) is 0.929. The van der Waals surface area contributed by atoms with Crippen molar-refractivity contribution < 1.29 is 4.79 Å². The van der Waals surface area contributed by atoms with Gasteiger partial charge in [-0.1, -0.05) is 6.92 Å². The molecule has 108 valence electrons. The van der Waals surface area contributed by atoms with Gasteiger partial charge in [0.2, 0.25) is 5.91 Å². The molecular weight excluding hydrogens is 226 g/mol. The number of nitrogens with one attached hydrogen (secondary N) is 1. The maximum Gasteiger partial charge on any atom is 0.227 e. The smallest absolute Gasteiger partial charge is 0.227 e. The molecule has 0 aliphatic carbocycles. The number of hydrogen-bond acceptors (Lipinski definition) is 3. The minimum Gasteiger partial charge on any atom is -0.356 e. The molecule has 18 heavy (non-hydrogen) atoms. The van der Waals surface area contributed by atoms with E-state index < -0.39 is 5.41 Å². The zero-order valence-corrected chi connectivity index (χ0v) is 12.8. The van der Waals surface area contributed by atoms with Gasteiger partial charge in [-0.05, 0) is 53.6 Å². The third-order valence-electron chi connectivity index (χ3n) is 3.88. The summed E-state index contributed by atoms with van der Waals surface area (Å²) >= 11 is 0. The van der Waals surface area contributed by atoms with E-state index in [2.05, 4.69) is 31.1 Å². The largest absolute Gasteiger partial charge is 0.356 e. The Morgan fingerprint density at radius 2 is 2.00 bits per heavy atom. The van der Waals surface area contributed by atoms with Gasteiger partial charge in [0, 0.05) is 19.1 Å². The summed E-state index contributed by atoms with van der Waals surface area (Å²) in [4.78, 5) is 14.2. The lowest BCUT2D eigenvalue weighted by Crippen LogP contribution is -2.43. The van der Waals surface area contributed by atoms with Crippen molar-refractivity contribution in [3.63, 3.8) is 0 Å². The van der Waals surface area contributed by atoms with Crippen LogP contribution in [0.15, 0.2) is 0 Å². The van der Waals surface area contributed by atoms with E-state index in [0.717, 1.165) is 32.4 Å². The van der Waals surface area contributed by atoms with Crippen molar-refractivity contribution in [1.82, 2.24) is 10.2 Å². The molecule has 0 bridgehead atoms. The molecule has 0 saturated carbocycles. The van der Waals surface area contributed by atoms with E-state index in [1.807, 2.05) is 13.8 Å². The highest BCUT2D eigenvalue weighted by Crippen LogP contribution is 2.18. The summed E-state index contributed by atoms with van der Waals surface area (Å²) in [6.45, 7) is 10.5. The molecule has 0 aromatic rings. The third-order valence-corrected chi connectivity index (χ3v) is 3.88. The van der Waals surface area contributed by atoms with Crippen LogP contribution in [0.5, 0.6) is 0 Å². The highest BCUT2D eigenvalue weighted by molar-refractivity contribution is 5.82. The molecule has 4 nitrogen and oxygen atoms in total. The van der Waals surface area contributed by atoms with Gasteiger partial charge in [0.15, 0.2) is 0 Å². The number of carbonyl (C=O) groups is 1. The predicted octanol–water partition coefficient (Wildman–Crippen LogP) is 1.60. The van der Waals surface area contributed by atoms with Gasteiger partial charge in [-0.2, -0.15) is 0 Å². The Hall–Kier alpha value is -0.610. The van der Waals surface area contributed by atoms with Crippen molar-refractivity contribution >= 4 is 5.91 Å². The lowest BCUT2D eigenvalue weighted by molar-refractivity contribution is -0.129. The van der Waals surface area contributed by atoms with E-state index in [9.17, 15) is 4.79 Å². The Bertz CT molecular complexity index is 237. The average Bonchev–Trinajstić information content (AvgIpc) is 2.36. The maximum atomic E-state index is 11.9. The molecule has 0 aliphatic rings. The van der Waals surface area contributed by atoms with Crippen LogP contribution in [0.1, 0.15) is 47.0 Å². The van der Waals surface area contributed by atoms with Crippen LogP contribution in [-0.4, -0.2) is 43.5 Å². The summed E-state index contributed by atoms with van der Waals surface area (Å²) < 4.78 is 0. The Labute approximate surface area is 112 Å². The van der Waals surface area contributed by atoms with Crippen LogP contribution >= 0.6 is 0 Å². The molecule has 1 unspecified atom stereocenters. The first-order valence-corrected chi connectivity index (χ1v) is 7.06. The van der Waals surface area contributed by atoms with Gasteiger partial charge in [0.25, 0.3) is 0 Å². The van der Waals surface area contributed by atoms with Crippen LogP contribution in [0.4, 0.5) is 0 Å². The summed E-state index contributed by atoms with van der Waals surface area (Å²) in [5, 5.41) is 2.99. The summed E-state index contributed by atoms with van der Waals surface area (Å²) in [7, 11) is 2.13. The molecule has 0 spiro atoms. The molecule has 0 aliphatic heterocycles. The SMILES string of the molecule is CCC(C)(CN)C(=O)NCCCCN(C)C(C)C. The molecule has 0 aromatic carbocycles. The van der Waals surface area contributed by atoms with Crippen molar-refractivity contribution in [2.75, 3.05) is 26.7 Å². The minimum atomic E-state index is -0.408. The van der Waals surface area contributed by atoms with Crippen LogP contribution in [-0.2, 0) is 4.79 Å². The van der Waals surface area contributed by atoms with E-state index in [-0.39, 0.29) is 5.91 Å². The highest BCUT2D eigenvalue weighted by atomic mass is 16.2. The summed E-state index contributed by atoms with van der Waals surface area (Å²) in [6.07, 6.45) is 2.92. The molecule has 0 aromatic heterocycles. The Morgan fingerprint density at radius 3 is 2.44 bits per heavy atom. The van der Waals surface area contributed by atoms with Gasteiger partial charge in [-0.15, -0.1) is 0 Å². The van der Waals surface area contributed by atoms with E-state index >= 15 is 0 Å². The quantitative estimate of drug-likeness (QED) is 0.617. The summed E-state index contributed by atoms with van der Waals surface area (Å²) in [5.41, 5.74) is 5.25. The molecule has 1 amide bonds. The van der Waals surface area contributed by atoms with Gasteiger partial charge in [-0.3, -0.25) is 4.79 Å². The van der Waals surface area contributed by atoms with Gasteiger partial charge in [0.1, 0.15) is 0 Å². The minimum absolute atomic E-state index is 0.0877. The van der Waals surface area contributed by atoms with Gasteiger partial charge in [0.05, 0.1) is 5.41 Å². The van der Waals surface area contributed by atoms with E-state index in [1.54, 1.807) is 0 Å². The van der Waals surface area contributed by atoms with E-state index in [1.165, 1.54) is 0 Å². The summed E-state index contributed by atoms with van der Waals surface area (Å²) in [6, 6.07) is 0.584. The number of carbonyl (C=O) groups excluding carboxylic acids is 1. The number of nitrogens with two attached hydrogens (primary N) is 1. The standard InChI is InChI=1S/C14H31N3O/c1-6-14(4,11-15)13(18)16-9-7-8-10-17(5)12(2)3/h12H,6-11,15H2,1-5H3,(H,16,18). The van der Waals surface area contributed by atoms with Crippen LogP contribution in [0.2, 0.25) is 0 Å². The van der Waals surface area contributed by atoms with Crippen LogP contribution < -0.4 is 11.1 Å². The summed E-state index contributed by atoms with van der Waals surface area (Å²) in [5.74, 6) is 0.0877. The zero-order valence-electron chi connectivity index (χ0n) is 12.8. The van der Waals surface area contributed by atoms with Gasteiger partial charge >= 0.3 is 0 Å². The van der Waals surface area contributed by atoms with Gasteiger partial charge in [-0.25, -0.2) is 0 Å². The second-order valence-electron chi connectivity index (χ2n) is 5.66. The van der Waals surface area contributed by atoms with Crippen LogP contribution in [0, 0.1) is 5.41 Å². The first-order chi connectivity index (χ1) is 8.37. The molecule has 0 radical (unpaired) electrons. The Kier molecular flexibility index (Phi) is 8.20. The zero-order chi connectivity index (χ0) is 14.2. The number of rotatable bonds is 9. The second kappa shape index (κ2) is 8.48. The monoisotopic (exact) mass is 257 g/mol. The number of amides is 1. The predicted molar refractivity (Wildman–Crippen MR) is 77.5 cm³/mol. The molecule has 0 rings (SSSR count). The van der Waals surface area contributed by atoms with Crippen molar-refractivity contribution in [2.45, 2.75) is 53.0 Å². The average molecular weight is 257 g/mol. The van der Waals surface area contributed by atoms with Crippen LogP contribution in [0.3, 0.4) is 0 Å². The fourth-order valence-electron chi connectivity index (χ4n) is 1.56. The number of unbranched alkanes of at least 4 members (excludes halogenated alkanes) is 1. The number of hydrogen-bond donors (Lipinski definition) is 2. The fourth-order valence-corrected chi connectivity index (χ4v) is 1.56. The number of nitrogens with zero attached hydrogens (tertiary/aromatic N) is 1. The lowest BCUT2D eigenvalue weighted by atomic mass is 9.86. The van der Waals surface area contributed by atoms with Crippen molar-refractivity contribution in [3.8, 4) is 0 Å². The molecule has 0 saturated heterocycles. The lowest BCUT2D eigenvalue weighted by Gasteiger charge is -2.25. The first-order valence-electron chi connectivity index (χ1n) is 7.06. The molecule has 1 atom stereocenters. The van der Waals surface area contributed by atoms with Gasteiger partial charge < -0.3 is 16.0 Å². The van der Waals surface area contributed by atoms with E-state index in [0.29, 0.717) is 12.6 Å². The third kappa shape index (κ3) is 5.83. The normalized spacial score (nSPS) is 14.9. The van der Waals surface area contributed by atoms with Crippen molar-refractivity contribution in [1.29, 1.82) is 0 Å². The molecular formula is C14H31N3O. The second-order valence-corrected chi connectivity index (χ2v) is 5.66. The topological polar surface area (TPSA) is 58.4 Å². The Balaban J connectivity index is 3.76. The van der Waals surface area contributed by atoms with Crippen molar-refractivity contribution in [2.24, 2.45) is 11.1 Å². The van der Waals surface area contributed by atoms with Crippen molar-refractivity contribution in [3.05, 3.63) is 0 Å². The first kappa shape index (κ1) is 17.4. The molecule has 4 heteroatoms. The highest BCUT2D eigenvalue weighted by Gasteiger charge is 2.28.